The molecule has 4 aromatic heterocycles. The number of hydrogen-bond donors (Lipinski definition) is 0. The number of rotatable bonds is 1. The van der Waals surface area contributed by atoms with Gasteiger partial charge in [-0.15, -0.1) is 0 Å². The molecule has 0 aliphatic carbocycles. The summed E-state index contributed by atoms with van der Waals surface area (Å²) in [6.45, 7) is 20.9. The van der Waals surface area contributed by atoms with Crippen LogP contribution in [0.2, 0.25) is 0 Å². The molecular formula is C43H42N2O. The Morgan fingerprint density at radius 3 is 1.41 bits per heavy atom. The van der Waals surface area contributed by atoms with E-state index in [0.29, 0.717) is 0 Å². The van der Waals surface area contributed by atoms with Gasteiger partial charge >= 0.3 is 0 Å². The Bertz CT molecular complexity index is 2710. The van der Waals surface area contributed by atoms with Crippen LogP contribution in [-0.4, -0.2) is 15.9 Å². The third kappa shape index (κ3) is 3.39. The zero-order chi connectivity index (χ0) is 32.2. The average Bonchev–Trinajstić information content (AvgIpc) is 3.71. The minimum absolute atomic E-state index is 0.00646. The second kappa shape index (κ2) is 8.45. The van der Waals surface area contributed by atoms with Gasteiger partial charge in [-0.2, -0.15) is 0 Å². The molecule has 3 heteroatoms. The number of ether oxygens (including phenoxy) is 1. The summed E-state index contributed by atoms with van der Waals surface area (Å²) < 4.78 is 11.0. The van der Waals surface area contributed by atoms with E-state index in [9.17, 15) is 0 Å². The summed E-state index contributed by atoms with van der Waals surface area (Å²) in [6.07, 6.45) is 0. The van der Waals surface area contributed by atoms with Crippen molar-refractivity contribution in [2.45, 2.75) is 78.6 Å². The summed E-state index contributed by atoms with van der Waals surface area (Å²) in [5.74, 6) is 0.930. The number of hydrogen-bond acceptors (Lipinski definition) is 1. The van der Waals surface area contributed by atoms with Crippen molar-refractivity contribution in [1.29, 1.82) is 0 Å². The van der Waals surface area contributed by atoms with Crippen molar-refractivity contribution in [1.82, 2.24) is 8.80 Å². The normalized spacial score (nSPS) is 13.9. The quantitative estimate of drug-likeness (QED) is 0.183. The van der Waals surface area contributed by atoms with Crippen LogP contribution < -0.4 is 4.74 Å². The molecule has 0 saturated carbocycles. The molecule has 0 bridgehead atoms. The van der Waals surface area contributed by atoms with Crippen molar-refractivity contribution in [2.75, 3.05) is 7.11 Å². The SMILES string of the molecule is COc1cccc2c1c1cc(C(C)(C)C)cc3c4c5c6cc(C(C)(C)C)cc7c8cc(C(C)(C)C)ccc8n(c5ccc4n2c13)c76. The first-order chi connectivity index (χ1) is 21.7. The maximum absolute atomic E-state index is 5.97. The average molecular weight is 603 g/mol. The van der Waals surface area contributed by atoms with Crippen LogP contribution in [-0.2, 0) is 16.2 Å². The standard InChI is InChI=1S/C43H42N2O/c1-41(2,3)23-14-15-31-26(18-23)27-19-24(42(4,5)6)21-29-37-33(44(31)39(27)29)16-17-34-38(37)30-22-25(43(7,8)9)20-28-36-32(45(34)40(28)30)12-11-13-35(36)46-10/h11-22H,1-10H3. The van der Waals surface area contributed by atoms with Gasteiger partial charge in [0.15, 0.2) is 0 Å². The van der Waals surface area contributed by atoms with Crippen LogP contribution in [0.5, 0.6) is 5.75 Å². The zero-order valence-corrected chi connectivity index (χ0v) is 28.7. The number of methoxy groups -OCH3 is 1. The van der Waals surface area contributed by atoms with Crippen LogP contribution in [0.15, 0.2) is 72.8 Å². The third-order valence-corrected chi connectivity index (χ3v) is 10.7. The molecule has 9 rings (SSSR count). The van der Waals surface area contributed by atoms with E-state index >= 15 is 0 Å². The van der Waals surface area contributed by atoms with Crippen LogP contribution >= 0.6 is 0 Å². The van der Waals surface area contributed by atoms with Crippen LogP contribution in [0.1, 0.15) is 79.0 Å². The van der Waals surface area contributed by atoms with Gasteiger partial charge in [0.05, 0.1) is 40.2 Å². The van der Waals surface area contributed by atoms with Crippen LogP contribution in [0, 0.1) is 0 Å². The van der Waals surface area contributed by atoms with Gasteiger partial charge in [0, 0.05) is 43.1 Å². The van der Waals surface area contributed by atoms with Crippen molar-refractivity contribution in [3.05, 3.63) is 89.5 Å². The van der Waals surface area contributed by atoms with E-state index in [4.69, 9.17) is 4.74 Å². The van der Waals surface area contributed by atoms with Gasteiger partial charge in [-0.05, 0) is 93.6 Å². The van der Waals surface area contributed by atoms with Gasteiger partial charge in [-0.1, -0.05) is 74.4 Å². The molecule has 5 aromatic carbocycles. The highest BCUT2D eigenvalue weighted by Crippen LogP contribution is 2.50. The van der Waals surface area contributed by atoms with E-state index in [1.807, 2.05) is 0 Å². The molecule has 0 atom stereocenters. The molecular weight excluding hydrogens is 560 g/mol. The maximum atomic E-state index is 5.97. The topological polar surface area (TPSA) is 18.1 Å². The lowest BCUT2D eigenvalue weighted by Gasteiger charge is -2.20. The lowest BCUT2D eigenvalue weighted by Crippen LogP contribution is -2.11. The van der Waals surface area contributed by atoms with E-state index in [0.717, 1.165) is 5.75 Å². The van der Waals surface area contributed by atoms with Gasteiger partial charge in [-0.3, -0.25) is 0 Å². The lowest BCUT2D eigenvalue weighted by atomic mass is 9.84. The summed E-state index contributed by atoms with van der Waals surface area (Å²) in [6, 6.07) is 28.2. The fourth-order valence-corrected chi connectivity index (χ4v) is 8.19. The minimum Gasteiger partial charge on any atom is -0.496 e. The molecule has 0 radical (unpaired) electrons. The van der Waals surface area contributed by atoms with Crippen LogP contribution in [0.25, 0.3) is 76.2 Å². The highest BCUT2D eigenvalue weighted by Gasteiger charge is 2.29. The first-order valence-corrected chi connectivity index (χ1v) is 16.7. The molecule has 0 amide bonds. The highest BCUT2D eigenvalue weighted by atomic mass is 16.5. The number of nitrogens with zero attached hydrogens (tertiary/aromatic N) is 2. The van der Waals surface area contributed by atoms with Crippen molar-refractivity contribution < 1.29 is 4.74 Å². The summed E-state index contributed by atoms with van der Waals surface area (Å²) in [4.78, 5) is 0. The van der Waals surface area contributed by atoms with E-state index in [1.54, 1.807) is 7.11 Å². The summed E-state index contributed by atoms with van der Waals surface area (Å²) in [7, 11) is 1.79. The molecule has 0 saturated heterocycles. The Hall–Kier alpha value is -4.50. The maximum Gasteiger partial charge on any atom is 0.128 e. The monoisotopic (exact) mass is 602 g/mol. The first-order valence-electron chi connectivity index (χ1n) is 16.7. The Labute approximate surface area is 270 Å². The number of benzene rings is 5. The molecule has 9 aromatic rings. The molecule has 0 N–H and O–H groups in total. The zero-order valence-electron chi connectivity index (χ0n) is 28.7. The van der Waals surface area contributed by atoms with Gasteiger partial charge in [0.1, 0.15) is 5.75 Å². The summed E-state index contributed by atoms with van der Waals surface area (Å²) >= 11 is 0. The Morgan fingerprint density at radius 1 is 0.435 bits per heavy atom. The van der Waals surface area contributed by atoms with Crippen molar-refractivity contribution in [3.63, 3.8) is 0 Å². The molecule has 4 heterocycles. The van der Waals surface area contributed by atoms with Crippen molar-refractivity contribution in [3.8, 4) is 5.75 Å². The molecule has 0 aliphatic heterocycles. The molecule has 230 valence electrons. The Morgan fingerprint density at radius 2 is 0.870 bits per heavy atom. The third-order valence-electron chi connectivity index (χ3n) is 10.7. The van der Waals surface area contributed by atoms with Crippen LogP contribution in [0.4, 0.5) is 0 Å². The van der Waals surface area contributed by atoms with E-state index in [2.05, 4.69) is 144 Å². The van der Waals surface area contributed by atoms with Gasteiger partial charge in [0.25, 0.3) is 0 Å². The Kier molecular flexibility index (Phi) is 5.10. The van der Waals surface area contributed by atoms with Gasteiger partial charge in [-0.25, -0.2) is 0 Å². The predicted octanol–water partition coefficient (Wildman–Crippen LogP) is 11.9. The summed E-state index contributed by atoms with van der Waals surface area (Å²) in [5.41, 5.74) is 11.8. The fraction of sp³-hybridized carbons (Fsp3) is 0.302. The van der Waals surface area contributed by atoms with E-state index < -0.39 is 0 Å². The van der Waals surface area contributed by atoms with E-state index in [-0.39, 0.29) is 16.2 Å². The lowest BCUT2D eigenvalue weighted by molar-refractivity contribution is 0.420. The molecule has 0 spiro atoms. The summed E-state index contributed by atoms with van der Waals surface area (Å²) in [5, 5.41) is 10.6. The second-order valence-electron chi connectivity index (χ2n) is 16.7. The first kappa shape index (κ1) is 27.8. The second-order valence-corrected chi connectivity index (χ2v) is 16.7. The molecule has 46 heavy (non-hydrogen) atoms. The molecule has 0 aliphatic rings. The molecule has 0 fully saturated rings. The predicted molar refractivity (Wildman–Crippen MR) is 198 cm³/mol. The van der Waals surface area contributed by atoms with Crippen LogP contribution in [0.3, 0.4) is 0 Å². The van der Waals surface area contributed by atoms with Gasteiger partial charge in [0.2, 0.25) is 0 Å². The van der Waals surface area contributed by atoms with E-state index in [1.165, 1.54) is 92.9 Å². The molecule has 3 nitrogen and oxygen atoms in total. The minimum atomic E-state index is -0.00646. The fourth-order valence-electron chi connectivity index (χ4n) is 8.19. The number of fused-ring (bicyclic) bond motifs is 13. The highest BCUT2D eigenvalue weighted by molar-refractivity contribution is 6.36. The number of aromatic nitrogens is 2. The largest absolute Gasteiger partial charge is 0.496 e. The Balaban J connectivity index is 1.57. The van der Waals surface area contributed by atoms with Crippen molar-refractivity contribution in [2.24, 2.45) is 0 Å². The molecule has 0 unspecified atom stereocenters. The van der Waals surface area contributed by atoms with Gasteiger partial charge < -0.3 is 13.5 Å². The smallest absolute Gasteiger partial charge is 0.128 e. The van der Waals surface area contributed by atoms with Crippen molar-refractivity contribution >= 4 is 76.2 Å².